The number of nitrogens with zero attached hydrogens (tertiary/aromatic N) is 1. The number of ketones is 1. The van der Waals surface area contributed by atoms with Crippen LogP contribution in [0.4, 0.5) is 0 Å². The van der Waals surface area contributed by atoms with Crippen molar-refractivity contribution in [3.63, 3.8) is 0 Å². The van der Waals surface area contributed by atoms with Gasteiger partial charge in [-0.15, -0.1) is 0 Å². The van der Waals surface area contributed by atoms with E-state index in [9.17, 15) is 14.7 Å². The Kier molecular flexibility index (Phi) is 4.39. The molecular formula is C26H34N2O4. The maximum absolute atomic E-state index is 13.5. The van der Waals surface area contributed by atoms with Crippen molar-refractivity contribution in [1.82, 2.24) is 10.2 Å². The van der Waals surface area contributed by atoms with Crippen LogP contribution in [0.3, 0.4) is 0 Å². The van der Waals surface area contributed by atoms with E-state index in [1.54, 1.807) is 7.11 Å². The lowest BCUT2D eigenvalue weighted by Gasteiger charge is -2.57. The molecule has 6 heteroatoms. The second kappa shape index (κ2) is 6.80. The van der Waals surface area contributed by atoms with Crippen molar-refractivity contribution in [2.75, 3.05) is 20.2 Å². The second-order valence-electron chi connectivity index (χ2n) is 11.3. The maximum atomic E-state index is 13.5. The summed E-state index contributed by atoms with van der Waals surface area (Å²) in [6.45, 7) is 5.68. The van der Waals surface area contributed by atoms with Gasteiger partial charge in [0.15, 0.2) is 5.78 Å². The van der Waals surface area contributed by atoms with Gasteiger partial charge in [-0.3, -0.25) is 14.5 Å². The molecule has 1 aliphatic heterocycles. The third kappa shape index (κ3) is 2.59. The van der Waals surface area contributed by atoms with E-state index in [0.717, 1.165) is 36.7 Å². The van der Waals surface area contributed by atoms with Crippen molar-refractivity contribution in [2.24, 2.45) is 23.7 Å². The molecule has 6 rings (SSSR count). The Hall–Kier alpha value is -1.92. The number of rotatable bonds is 5. The predicted octanol–water partition coefficient (Wildman–Crippen LogP) is 2.06. The third-order valence-electron chi connectivity index (χ3n) is 9.28. The number of carbonyl (C=O) groups excluding carboxylic acids is 2. The summed E-state index contributed by atoms with van der Waals surface area (Å²) in [6, 6.07) is 5.63. The summed E-state index contributed by atoms with van der Waals surface area (Å²) in [5.74, 6) is 1.89. The second-order valence-corrected chi connectivity index (χ2v) is 11.3. The molecule has 4 bridgehead atoms. The number of hydrogen-bond acceptors (Lipinski definition) is 5. The van der Waals surface area contributed by atoms with Gasteiger partial charge in [0.05, 0.1) is 18.8 Å². The number of carbonyl (C=O) groups is 2. The molecule has 4 fully saturated rings. The number of nitrogens with one attached hydrogen (secondary N) is 1. The molecule has 3 unspecified atom stereocenters. The zero-order chi connectivity index (χ0) is 22.4. The number of methoxy groups -OCH3 is 1. The van der Waals surface area contributed by atoms with Crippen LogP contribution in [0.1, 0.15) is 50.7 Å². The van der Waals surface area contributed by atoms with Gasteiger partial charge in [-0.25, -0.2) is 0 Å². The van der Waals surface area contributed by atoms with Crippen molar-refractivity contribution in [3.05, 3.63) is 29.3 Å². The van der Waals surface area contributed by atoms with Crippen molar-refractivity contribution in [3.8, 4) is 5.75 Å². The molecule has 4 aliphatic carbocycles. The molecule has 32 heavy (non-hydrogen) atoms. The number of ether oxygens (including phenoxy) is 1. The van der Waals surface area contributed by atoms with E-state index in [-0.39, 0.29) is 29.6 Å². The fourth-order valence-electron chi connectivity index (χ4n) is 7.77. The van der Waals surface area contributed by atoms with Crippen LogP contribution < -0.4 is 10.1 Å². The molecular weight excluding hydrogens is 404 g/mol. The molecule has 0 radical (unpaired) electrons. The standard InChI is InChI=1S/C26H34N2O4/c1-14(2)24(30)27-21-10-26(31)23-18-8-16-6-7-17(32-3)9-19(16)25(26,11-22(21)29)20(18)13-28(23)12-15-4-5-15/h6-7,9,14-15,18,20-21,23,31H,4-5,8,10-13H2,1-3H3,(H,27,30)/t18?,20?,21?,23-,25-,26-/m1/s1. The zero-order valence-corrected chi connectivity index (χ0v) is 19.3. The minimum absolute atomic E-state index is 0.0399. The minimum Gasteiger partial charge on any atom is -0.497 e. The lowest BCUT2D eigenvalue weighted by atomic mass is 9.53. The number of hydrogen-bond donors (Lipinski definition) is 2. The van der Waals surface area contributed by atoms with Gasteiger partial charge in [0.2, 0.25) is 5.91 Å². The van der Waals surface area contributed by atoms with Crippen molar-refractivity contribution < 1.29 is 19.4 Å². The van der Waals surface area contributed by atoms with Gasteiger partial charge in [0, 0.05) is 43.3 Å². The normalized spacial score (nSPS) is 39.7. The van der Waals surface area contributed by atoms with E-state index in [1.165, 1.54) is 18.4 Å². The Labute approximate surface area is 189 Å². The average Bonchev–Trinajstić information content (AvgIpc) is 3.47. The topological polar surface area (TPSA) is 78.9 Å². The molecule has 6 atom stereocenters. The van der Waals surface area contributed by atoms with Gasteiger partial charge in [0.25, 0.3) is 0 Å². The first kappa shape index (κ1) is 20.7. The van der Waals surface area contributed by atoms with Gasteiger partial charge in [0.1, 0.15) is 5.75 Å². The largest absolute Gasteiger partial charge is 0.497 e. The highest BCUT2D eigenvalue weighted by molar-refractivity contribution is 5.92. The van der Waals surface area contributed by atoms with Crippen molar-refractivity contribution in [2.45, 2.75) is 69.1 Å². The van der Waals surface area contributed by atoms with Crippen LogP contribution in [-0.2, 0) is 21.4 Å². The smallest absolute Gasteiger partial charge is 0.223 e. The van der Waals surface area contributed by atoms with Gasteiger partial charge >= 0.3 is 0 Å². The summed E-state index contributed by atoms with van der Waals surface area (Å²) in [5.41, 5.74) is 0.742. The fraction of sp³-hybridized carbons (Fsp3) is 0.692. The molecule has 1 amide bonds. The van der Waals surface area contributed by atoms with E-state index in [1.807, 2.05) is 19.9 Å². The van der Waals surface area contributed by atoms with E-state index in [2.05, 4.69) is 22.3 Å². The summed E-state index contributed by atoms with van der Waals surface area (Å²) in [4.78, 5) is 28.5. The van der Waals surface area contributed by atoms with E-state index in [4.69, 9.17) is 4.74 Å². The maximum Gasteiger partial charge on any atom is 0.223 e. The number of piperidine rings is 1. The van der Waals surface area contributed by atoms with Crippen LogP contribution in [0.25, 0.3) is 0 Å². The number of benzene rings is 1. The predicted molar refractivity (Wildman–Crippen MR) is 119 cm³/mol. The zero-order valence-electron chi connectivity index (χ0n) is 19.3. The molecule has 1 spiro atoms. The molecule has 1 heterocycles. The molecule has 2 N–H and O–H groups in total. The molecule has 1 aromatic carbocycles. The lowest BCUT2D eigenvalue weighted by molar-refractivity contribution is -0.157. The Balaban J connectivity index is 1.45. The summed E-state index contributed by atoms with van der Waals surface area (Å²) in [6.07, 6.45) is 4.11. The molecule has 3 saturated carbocycles. The van der Waals surface area contributed by atoms with Crippen molar-refractivity contribution in [1.29, 1.82) is 0 Å². The van der Waals surface area contributed by atoms with Crippen LogP contribution in [0.5, 0.6) is 5.75 Å². The third-order valence-corrected chi connectivity index (χ3v) is 9.28. The molecule has 5 aliphatic rings. The summed E-state index contributed by atoms with van der Waals surface area (Å²) in [7, 11) is 1.67. The molecule has 1 aromatic rings. The Morgan fingerprint density at radius 2 is 2.12 bits per heavy atom. The van der Waals surface area contributed by atoms with Crippen LogP contribution in [0.2, 0.25) is 0 Å². The Morgan fingerprint density at radius 3 is 2.81 bits per heavy atom. The van der Waals surface area contributed by atoms with Gasteiger partial charge in [-0.1, -0.05) is 19.9 Å². The van der Waals surface area contributed by atoms with Crippen LogP contribution in [-0.4, -0.2) is 59.6 Å². The number of likely N-dealkylation sites (tertiary alicyclic amines) is 1. The van der Waals surface area contributed by atoms with Crippen LogP contribution >= 0.6 is 0 Å². The van der Waals surface area contributed by atoms with E-state index >= 15 is 0 Å². The first-order valence-electron chi connectivity index (χ1n) is 12.3. The number of amides is 1. The Bertz CT molecular complexity index is 988. The summed E-state index contributed by atoms with van der Waals surface area (Å²) >= 11 is 0. The molecule has 6 nitrogen and oxygen atoms in total. The van der Waals surface area contributed by atoms with Gasteiger partial charge in [-0.05, 0) is 60.3 Å². The van der Waals surface area contributed by atoms with Gasteiger partial charge in [-0.2, -0.15) is 0 Å². The van der Waals surface area contributed by atoms with Crippen LogP contribution in [0, 0.1) is 23.7 Å². The summed E-state index contributed by atoms with van der Waals surface area (Å²) in [5, 5.41) is 15.6. The van der Waals surface area contributed by atoms with E-state index < -0.39 is 17.1 Å². The fourth-order valence-corrected chi connectivity index (χ4v) is 7.77. The lowest BCUT2D eigenvalue weighted by Crippen LogP contribution is -2.70. The monoisotopic (exact) mass is 438 g/mol. The first-order chi connectivity index (χ1) is 15.3. The summed E-state index contributed by atoms with van der Waals surface area (Å²) < 4.78 is 5.55. The minimum atomic E-state index is -1.03. The Morgan fingerprint density at radius 1 is 1.34 bits per heavy atom. The number of fused-ring (bicyclic) bond motifs is 2. The highest BCUT2D eigenvalue weighted by Gasteiger charge is 2.77. The van der Waals surface area contributed by atoms with Crippen LogP contribution in [0.15, 0.2) is 18.2 Å². The first-order valence-corrected chi connectivity index (χ1v) is 12.3. The highest BCUT2D eigenvalue weighted by Crippen LogP contribution is 2.69. The molecule has 1 saturated heterocycles. The number of aliphatic hydroxyl groups is 1. The molecule has 0 aromatic heterocycles. The van der Waals surface area contributed by atoms with E-state index in [0.29, 0.717) is 18.8 Å². The number of Topliss-reactive ketones (excluding diaryl/α,β-unsaturated/α-hetero) is 1. The van der Waals surface area contributed by atoms with Crippen molar-refractivity contribution >= 4 is 11.7 Å². The quantitative estimate of drug-likeness (QED) is 0.736. The average molecular weight is 439 g/mol. The SMILES string of the molecule is COc1ccc2c(c1)[C@@]13CC(=O)C(NC(=O)C(C)C)C[C@@]1(O)[C@H]1C(C2)C3CN1CC1CC1. The molecule has 172 valence electrons. The van der Waals surface area contributed by atoms with Gasteiger partial charge < -0.3 is 15.2 Å². The highest BCUT2D eigenvalue weighted by atomic mass is 16.5.